The molecule has 0 radical (unpaired) electrons. The average Bonchev–Trinajstić information content (AvgIpc) is 2.47. The van der Waals surface area contributed by atoms with Gasteiger partial charge in [0.2, 0.25) is 11.8 Å². The van der Waals surface area contributed by atoms with E-state index in [4.69, 9.17) is 9.47 Å². The fourth-order valence-electron chi connectivity index (χ4n) is 2.53. The van der Waals surface area contributed by atoms with Crippen LogP contribution in [0.2, 0.25) is 0 Å². The molecule has 0 aliphatic carbocycles. The first-order valence-corrected chi connectivity index (χ1v) is 7.43. The molecule has 0 bridgehead atoms. The van der Waals surface area contributed by atoms with E-state index in [-0.39, 0.29) is 18.1 Å². The first-order valence-electron chi connectivity index (χ1n) is 7.43. The maximum Gasteiger partial charge on any atom is 0.307 e. The van der Waals surface area contributed by atoms with Crippen molar-refractivity contribution >= 4 is 11.9 Å². The number of hydrogen-bond donors (Lipinski definition) is 0. The van der Waals surface area contributed by atoms with Crippen LogP contribution in [0, 0.1) is 0 Å². The van der Waals surface area contributed by atoms with E-state index in [9.17, 15) is 4.79 Å². The zero-order valence-electron chi connectivity index (χ0n) is 12.9. The van der Waals surface area contributed by atoms with Gasteiger partial charge >= 0.3 is 5.97 Å². The summed E-state index contributed by atoms with van der Waals surface area (Å²) in [5.41, 5.74) is 0. The molecule has 0 spiro atoms. The molecule has 2 heterocycles. The molecule has 2 rings (SSSR count). The minimum atomic E-state index is -0.193. The number of esters is 1. The first kappa shape index (κ1) is 15.5. The molecular formula is C15H23N3O3. The SMILES string of the molecule is COC(=O)CC1CCCCN1c1nccc(OC(C)C)n1. The van der Waals surface area contributed by atoms with Crippen LogP contribution >= 0.6 is 0 Å². The number of carbonyl (C=O) groups excluding carboxylic acids is 1. The summed E-state index contributed by atoms with van der Waals surface area (Å²) in [5, 5.41) is 0. The minimum absolute atomic E-state index is 0.0694. The van der Waals surface area contributed by atoms with Gasteiger partial charge in [-0.05, 0) is 33.1 Å². The Kier molecular flexibility index (Phi) is 5.36. The highest BCUT2D eigenvalue weighted by molar-refractivity contribution is 5.70. The summed E-state index contributed by atoms with van der Waals surface area (Å²) >= 11 is 0. The summed E-state index contributed by atoms with van der Waals surface area (Å²) in [5.74, 6) is 1.00. The van der Waals surface area contributed by atoms with Crippen LogP contribution in [-0.2, 0) is 9.53 Å². The number of piperidine rings is 1. The molecule has 1 aliphatic rings. The zero-order valence-corrected chi connectivity index (χ0v) is 12.9. The molecule has 21 heavy (non-hydrogen) atoms. The molecule has 116 valence electrons. The molecule has 1 saturated heterocycles. The van der Waals surface area contributed by atoms with Crippen molar-refractivity contribution in [1.29, 1.82) is 0 Å². The van der Waals surface area contributed by atoms with Crippen molar-refractivity contribution in [3.8, 4) is 5.88 Å². The number of methoxy groups -OCH3 is 1. The lowest BCUT2D eigenvalue weighted by atomic mass is 10.00. The molecule has 1 aromatic heterocycles. The monoisotopic (exact) mass is 293 g/mol. The molecule has 1 fully saturated rings. The molecular weight excluding hydrogens is 270 g/mol. The van der Waals surface area contributed by atoms with Gasteiger partial charge in [-0.2, -0.15) is 4.98 Å². The van der Waals surface area contributed by atoms with Crippen molar-refractivity contribution in [2.75, 3.05) is 18.6 Å². The molecule has 6 heteroatoms. The van der Waals surface area contributed by atoms with Crippen LogP contribution in [0.3, 0.4) is 0 Å². The van der Waals surface area contributed by atoms with Crippen LogP contribution in [0.25, 0.3) is 0 Å². The third kappa shape index (κ3) is 4.31. The van der Waals surface area contributed by atoms with Crippen LogP contribution in [0.5, 0.6) is 5.88 Å². The predicted octanol–water partition coefficient (Wildman–Crippen LogP) is 2.19. The average molecular weight is 293 g/mol. The van der Waals surface area contributed by atoms with Gasteiger partial charge in [0.25, 0.3) is 0 Å². The fourth-order valence-corrected chi connectivity index (χ4v) is 2.53. The first-order chi connectivity index (χ1) is 10.1. The van der Waals surface area contributed by atoms with Crippen LogP contribution in [0.1, 0.15) is 39.5 Å². The second-order valence-electron chi connectivity index (χ2n) is 5.48. The summed E-state index contributed by atoms with van der Waals surface area (Å²) in [7, 11) is 1.42. The van der Waals surface area contributed by atoms with E-state index < -0.39 is 0 Å². The Morgan fingerprint density at radius 1 is 1.48 bits per heavy atom. The van der Waals surface area contributed by atoms with Gasteiger partial charge in [-0.25, -0.2) is 4.98 Å². The molecule has 6 nitrogen and oxygen atoms in total. The van der Waals surface area contributed by atoms with Crippen molar-refractivity contribution in [3.05, 3.63) is 12.3 Å². The van der Waals surface area contributed by atoms with Crippen LogP contribution in [0.4, 0.5) is 5.95 Å². The number of aromatic nitrogens is 2. The van der Waals surface area contributed by atoms with Gasteiger partial charge in [-0.1, -0.05) is 0 Å². The summed E-state index contributed by atoms with van der Waals surface area (Å²) < 4.78 is 10.4. The Labute approximate surface area is 125 Å². The molecule has 1 atom stereocenters. The molecule has 0 amide bonds. The highest BCUT2D eigenvalue weighted by atomic mass is 16.5. The summed E-state index contributed by atoms with van der Waals surface area (Å²) in [4.78, 5) is 22.4. The molecule has 0 aromatic carbocycles. The molecule has 1 aromatic rings. The van der Waals surface area contributed by atoms with Crippen molar-refractivity contribution in [2.45, 2.75) is 51.7 Å². The van der Waals surface area contributed by atoms with Crippen LogP contribution < -0.4 is 9.64 Å². The van der Waals surface area contributed by atoms with Crippen molar-refractivity contribution < 1.29 is 14.3 Å². The Hall–Kier alpha value is -1.85. The molecule has 0 N–H and O–H groups in total. The second-order valence-corrected chi connectivity index (χ2v) is 5.48. The number of nitrogens with zero attached hydrogens (tertiary/aromatic N) is 3. The third-order valence-electron chi connectivity index (χ3n) is 3.49. The molecule has 0 saturated carbocycles. The van der Waals surface area contributed by atoms with E-state index in [1.165, 1.54) is 7.11 Å². The van der Waals surface area contributed by atoms with Crippen LogP contribution in [-0.4, -0.2) is 41.7 Å². The Morgan fingerprint density at radius 3 is 3.00 bits per heavy atom. The highest BCUT2D eigenvalue weighted by Crippen LogP contribution is 2.25. The van der Waals surface area contributed by atoms with Gasteiger partial charge < -0.3 is 14.4 Å². The standard InChI is InChI=1S/C15H23N3O3/c1-11(2)21-13-7-8-16-15(17-13)18-9-5-4-6-12(18)10-14(19)20-3/h7-8,11-12H,4-6,9-10H2,1-3H3. The lowest BCUT2D eigenvalue weighted by molar-refractivity contribution is -0.141. The smallest absolute Gasteiger partial charge is 0.307 e. The minimum Gasteiger partial charge on any atom is -0.475 e. The van der Waals surface area contributed by atoms with Gasteiger partial charge in [-0.15, -0.1) is 0 Å². The van der Waals surface area contributed by atoms with Gasteiger partial charge in [0.15, 0.2) is 0 Å². The summed E-state index contributed by atoms with van der Waals surface area (Å²) in [6.45, 7) is 4.78. The Balaban J connectivity index is 2.14. The lowest BCUT2D eigenvalue weighted by Gasteiger charge is -2.35. The van der Waals surface area contributed by atoms with Crippen molar-refractivity contribution in [2.24, 2.45) is 0 Å². The Morgan fingerprint density at radius 2 is 2.29 bits per heavy atom. The number of hydrogen-bond acceptors (Lipinski definition) is 6. The quantitative estimate of drug-likeness (QED) is 0.775. The predicted molar refractivity (Wildman–Crippen MR) is 79.4 cm³/mol. The van der Waals surface area contributed by atoms with Gasteiger partial charge in [0.1, 0.15) is 0 Å². The van der Waals surface area contributed by atoms with E-state index >= 15 is 0 Å². The Bertz CT molecular complexity index is 479. The number of carbonyl (C=O) groups is 1. The third-order valence-corrected chi connectivity index (χ3v) is 3.49. The summed E-state index contributed by atoms with van der Waals surface area (Å²) in [6.07, 6.45) is 5.28. The van der Waals surface area contributed by atoms with Crippen molar-refractivity contribution in [3.63, 3.8) is 0 Å². The van der Waals surface area contributed by atoms with E-state index in [1.807, 2.05) is 13.8 Å². The number of ether oxygens (including phenoxy) is 2. The van der Waals surface area contributed by atoms with Gasteiger partial charge in [-0.3, -0.25) is 4.79 Å². The van der Waals surface area contributed by atoms with Gasteiger partial charge in [0.05, 0.1) is 19.6 Å². The normalized spacial score (nSPS) is 18.7. The van der Waals surface area contributed by atoms with E-state index in [0.29, 0.717) is 18.2 Å². The molecule has 1 aliphatic heterocycles. The fraction of sp³-hybridized carbons (Fsp3) is 0.667. The maximum absolute atomic E-state index is 11.6. The maximum atomic E-state index is 11.6. The summed E-state index contributed by atoms with van der Waals surface area (Å²) in [6, 6.07) is 1.85. The number of rotatable bonds is 5. The topological polar surface area (TPSA) is 64.5 Å². The van der Waals surface area contributed by atoms with Gasteiger partial charge in [0, 0.05) is 24.8 Å². The lowest BCUT2D eigenvalue weighted by Crippen LogP contribution is -2.42. The highest BCUT2D eigenvalue weighted by Gasteiger charge is 2.27. The largest absolute Gasteiger partial charge is 0.475 e. The zero-order chi connectivity index (χ0) is 15.2. The van der Waals surface area contributed by atoms with E-state index in [1.54, 1.807) is 12.3 Å². The molecule has 1 unspecified atom stereocenters. The van der Waals surface area contributed by atoms with Crippen molar-refractivity contribution in [1.82, 2.24) is 9.97 Å². The van der Waals surface area contributed by atoms with E-state index in [0.717, 1.165) is 25.8 Å². The number of anilines is 1. The van der Waals surface area contributed by atoms with Crippen LogP contribution in [0.15, 0.2) is 12.3 Å². The van der Waals surface area contributed by atoms with E-state index in [2.05, 4.69) is 14.9 Å². The second kappa shape index (κ2) is 7.24.